The highest BCUT2D eigenvalue weighted by molar-refractivity contribution is 7.98. The molecule has 0 bridgehead atoms. The molecule has 0 aliphatic heterocycles. The number of benzene rings is 1. The Hall–Kier alpha value is -1.95. The van der Waals surface area contributed by atoms with Crippen LogP contribution in [0.4, 0.5) is 10.5 Å². The van der Waals surface area contributed by atoms with Crippen molar-refractivity contribution in [2.24, 2.45) is 0 Å². The lowest BCUT2D eigenvalue weighted by Gasteiger charge is -2.13. The van der Waals surface area contributed by atoms with E-state index in [9.17, 15) is 9.59 Å². The second-order valence-corrected chi connectivity index (χ2v) is 5.16. The normalized spacial score (nSPS) is 12.1. The Bertz CT molecular complexity index is 503. The second kappa shape index (κ2) is 8.27. The van der Waals surface area contributed by atoms with Crippen LogP contribution in [-0.4, -0.2) is 35.2 Å². The molecule has 2 amide bonds. The van der Waals surface area contributed by atoms with E-state index in [0.29, 0.717) is 11.3 Å². The predicted octanol–water partition coefficient (Wildman–Crippen LogP) is 2.66. The quantitative estimate of drug-likeness (QED) is 0.705. The van der Waals surface area contributed by atoms with Crippen molar-refractivity contribution in [2.45, 2.75) is 13.0 Å². The number of rotatable bonds is 6. The Balaban J connectivity index is 2.61. The minimum atomic E-state index is -1.01. The number of carboxylic acids is 1. The standard InChI is InChI=1S/C14H18N2O3S/c1-10(9-20-2)15-14(19)16-12-5-3-4-11(8-12)6-7-13(17)18/h3-8,10H,9H2,1-2H3,(H,17,18)(H2,15,16,19)/b7-6+. The van der Waals surface area contributed by atoms with Crippen LogP contribution >= 0.6 is 11.8 Å². The van der Waals surface area contributed by atoms with Crippen LogP contribution in [-0.2, 0) is 4.79 Å². The first kappa shape index (κ1) is 16.1. The summed E-state index contributed by atoms with van der Waals surface area (Å²) in [5.41, 5.74) is 1.33. The molecular weight excluding hydrogens is 276 g/mol. The summed E-state index contributed by atoms with van der Waals surface area (Å²) in [5, 5.41) is 14.1. The molecule has 0 spiro atoms. The third-order valence-corrected chi connectivity index (χ3v) is 3.19. The number of anilines is 1. The fraction of sp³-hybridized carbons (Fsp3) is 0.286. The van der Waals surface area contributed by atoms with Crippen molar-refractivity contribution in [1.29, 1.82) is 0 Å². The lowest BCUT2D eigenvalue weighted by atomic mass is 10.2. The van der Waals surface area contributed by atoms with Crippen molar-refractivity contribution in [3.63, 3.8) is 0 Å². The maximum absolute atomic E-state index is 11.7. The van der Waals surface area contributed by atoms with Gasteiger partial charge in [0.05, 0.1) is 0 Å². The van der Waals surface area contributed by atoms with Crippen molar-refractivity contribution in [2.75, 3.05) is 17.3 Å². The Morgan fingerprint density at radius 1 is 1.45 bits per heavy atom. The van der Waals surface area contributed by atoms with Crippen LogP contribution in [0.1, 0.15) is 12.5 Å². The summed E-state index contributed by atoms with van der Waals surface area (Å²) in [7, 11) is 0. The maximum Gasteiger partial charge on any atom is 0.328 e. The zero-order valence-electron chi connectivity index (χ0n) is 11.4. The third kappa shape index (κ3) is 6.29. The maximum atomic E-state index is 11.7. The van der Waals surface area contributed by atoms with E-state index in [1.54, 1.807) is 36.0 Å². The van der Waals surface area contributed by atoms with Gasteiger partial charge >= 0.3 is 12.0 Å². The van der Waals surface area contributed by atoms with Crippen LogP contribution in [0.3, 0.4) is 0 Å². The third-order valence-electron chi connectivity index (χ3n) is 2.36. The number of nitrogens with one attached hydrogen (secondary N) is 2. The molecule has 0 aromatic heterocycles. The first-order chi connectivity index (χ1) is 9.51. The molecule has 0 heterocycles. The first-order valence-corrected chi connectivity index (χ1v) is 7.48. The lowest BCUT2D eigenvalue weighted by Crippen LogP contribution is -2.37. The first-order valence-electron chi connectivity index (χ1n) is 6.09. The predicted molar refractivity (Wildman–Crippen MR) is 83.1 cm³/mol. The van der Waals surface area contributed by atoms with Gasteiger partial charge in [-0.3, -0.25) is 0 Å². The van der Waals surface area contributed by atoms with E-state index in [-0.39, 0.29) is 12.1 Å². The van der Waals surface area contributed by atoms with Gasteiger partial charge in [-0.05, 0) is 37.0 Å². The molecule has 0 aliphatic rings. The molecule has 1 aromatic carbocycles. The monoisotopic (exact) mass is 294 g/mol. The minimum absolute atomic E-state index is 0.0834. The zero-order chi connectivity index (χ0) is 15.0. The van der Waals surface area contributed by atoms with Crippen LogP contribution in [0, 0.1) is 0 Å². The van der Waals surface area contributed by atoms with Gasteiger partial charge < -0.3 is 15.7 Å². The highest BCUT2D eigenvalue weighted by Gasteiger charge is 2.06. The number of urea groups is 1. The topological polar surface area (TPSA) is 78.4 Å². The Labute approximate surface area is 122 Å². The molecule has 5 nitrogen and oxygen atoms in total. The van der Waals surface area contributed by atoms with Gasteiger partial charge in [-0.25, -0.2) is 9.59 Å². The van der Waals surface area contributed by atoms with E-state index in [4.69, 9.17) is 5.11 Å². The Morgan fingerprint density at radius 3 is 2.85 bits per heavy atom. The zero-order valence-corrected chi connectivity index (χ0v) is 12.2. The van der Waals surface area contributed by atoms with Crippen molar-refractivity contribution in [3.05, 3.63) is 35.9 Å². The summed E-state index contributed by atoms with van der Waals surface area (Å²) in [5.74, 6) is -0.165. The van der Waals surface area contributed by atoms with Crippen molar-refractivity contribution >= 4 is 35.5 Å². The number of hydrogen-bond acceptors (Lipinski definition) is 3. The molecule has 0 radical (unpaired) electrons. The summed E-state index contributed by atoms with van der Waals surface area (Å²) in [4.78, 5) is 22.2. The van der Waals surface area contributed by atoms with E-state index < -0.39 is 5.97 Å². The van der Waals surface area contributed by atoms with E-state index in [1.807, 2.05) is 13.2 Å². The molecule has 0 saturated carbocycles. The molecule has 0 aliphatic carbocycles. The smallest absolute Gasteiger partial charge is 0.328 e. The average molecular weight is 294 g/mol. The van der Waals surface area contributed by atoms with Crippen LogP contribution in [0.15, 0.2) is 30.3 Å². The van der Waals surface area contributed by atoms with E-state index in [1.165, 1.54) is 6.08 Å². The molecule has 0 fully saturated rings. The van der Waals surface area contributed by atoms with Crippen LogP contribution in [0.25, 0.3) is 6.08 Å². The van der Waals surface area contributed by atoms with Crippen LogP contribution in [0.2, 0.25) is 0 Å². The van der Waals surface area contributed by atoms with E-state index in [2.05, 4.69) is 10.6 Å². The Morgan fingerprint density at radius 2 is 2.20 bits per heavy atom. The lowest BCUT2D eigenvalue weighted by molar-refractivity contribution is -0.131. The summed E-state index contributed by atoms with van der Waals surface area (Å²) in [6.45, 7) is 1.93. The van der Waals surface area contributed by atoms with E-state index >= 15 is 0 Å². The Kier molecular flexibility index (Phi) is 6.66. The highest BCUT2D eigenvalue weighted by Crippen LogP contribution is 2.12. The van der Waals surface area contributed by atoms with Crippen molar-refractivity contribution in [3.8, 4) is 0 Å². The number of aliphatic carboxylic acids is 1. The highest BCUT2D eigenvalue weighted by atomic mass is 32.2. The minimum Gasteiger partial charge on any atom is -0.478 e. The van der Waals surface area contributed by atoms with Gasteiger partial charge in [-0.15, -0.1) is 0 Å². The largest absolute Gasteiger partial charge is 0.478 e. The number of carbonyl (C=O) groups excluding carboxylic acids is 1. The van der Waals surface area contributed by atoms with Gasteiger partial charge in [0.25, 0.3) is 0 Å². The fourth-order valence-corrected chi connectivity index (χ4v) is 2.15. The molecule has 1 atom stereocenters. The molecule has 6 heteroatoms. The number of amides is 2. The molecule has 108 valence electrons. The van der Waals surface area contributed by atoms with Crippen molar-refractivity contribution < 1.29 is 14.7 Å². The van der Waals surface area contributed by atoms with Gasteiger partial charge in [-0.1, -0.05) is 12.1 Å². The number of carboxylic acid groups (broad SMARTS) is 1. The van der Waals surface area contributed by atoms with Gasteiger partial charge in [0, 0.05) is 23.6 Å². The summed E-state index contributed by atoms with van der Waals surface area (Å²) < 4.78 is 0. The van der Waals surface area contributed by atoms with Gasteiger partial charge in [0.1, 0.15) is 0 Å². The summed E-state index contributed by atoms with van der Waals surface area (Å²) in [6.07, 6.45) is 4.51. The number of carbonyl (C=O) groups is 2. The van der Waals surface area contributed by atoms with Gasteiger partial charge in [0.2, 0.25) is 0 Å². The molecule has 0 saturated heterocycles. The summed E-state index contributed by atoms with van der Waals surface area (Å²) in [6, 6.07) is 6.78. The average Bonchev–Trinajstić information content (AvgIpc) is 2.36. The van der Waals surface area contributed by atoms with Gasteiger partial charge in [0.15, 0.2) is 0 Å². The second-order valence-electron chi connectivity index (χ2n) is 4.25. The SMILES string of the molecule is CSCC(C)NC(=O)Nc1cccc(/C=C/C(=O)O)c1. The van der Waals surface area contributed by atoms with Crippen molar-refractivity contribution in [1.82, 2.24) is 5.32 Å². The molecule has 1 unspecified atom stereocenters. The molecule has 1 aromatic rings. The van der Waals surface area contributed by atoms with Gasteiger partial charge in [-0.2, -0.15) is 11.8 Å². The van der Waals surface area contributed by atoms with E-state index in [0.717, 1.165) is 11.8 Å². The molecular formula is C14H18N2O3S. The number of hydrogen-bond donors (Lipinski definition) is 3. The number of thioether (sulfide) groups is 1. The molecule has 1 rings (SSSR count). The fourth-order valence-electron chi connectivity index (χ4n) is 1.57. The van der Waals surface area contributed by atoms with Crippen LogP contribution in [0.5, 0.6) is 0 Å². The van der Waals surface area contributed by atoms with Crippen LogP contribution < -0.4 is 10.6 Å². The molecule has 3 N–H and O–H groups in total. The summed E-state index contributed by atoms with van der Waals surface area (Å²) >= 11 is 1.66. The molecule has 20 heavy (non-hydrogen) atoms.